The quantitative estimate of drug-likeness (QED) is 0.912. The summed E-state index contributed by atoms with van der Waals surface area (Å²) in [5, 5.41) is 3.55. The molecule has 0 spiro atoms. The SMILES string of the molecule is Cc1nc(Cn2nc(C(F)(F)F)cc2C)ccc1N. The highest BCUT2D eigenvalue weighted by Crippen LogP contribution is 2.28. The Morgan fingerprint density at radius 3 is 2.47 bits per heavy atom. The number of alkyl halides is 3. The zero-order valence-electron chi connectivity index (χ0n) is 10.5. The summed E-state index contributed by atoms with van der Waals surface area (Å²) < 4.78 is 38.9. The lowest BCUT2D eigenvalue weighted by Gasteiger charge is -2.06. The van der Waals surface area contributed by atoms with E-state index in [9.17, 15) is 13.2 Å². The van der Waals surface area contributed by atoms with Crippen LogP contribution in [0, 0.1) is 13.8 Å². The molecule has 0 aliphatic rings. The third-order valence-electron chi connectivity index (χ3n) is 2.77. The molecule has 4 nitrogen and oxygen atoms in total. The van der Waals surface area contributed by atoms with Crippen LogP contribution in [0.3, 0.4) is 0 Å². The van der Waals surface area contributed by atoms with E-state index in [-0.39, 0.29) is 6.54 Å². The highest BCUT2D eigenvalue weighted by molar-refractivity contribution is 5.42. The van der Waals surface area contributed by atoms with E-state index in [1.165, 1.54) is 4.68 Å². The smallest absolute Gasteiger partial charge is 0.397 e. The zero-order chi connectivity index (χ0) is 14.2. The molecule has 2 rings (SSSR count). The molecule has 2 aromatic rings. The molecule has 0 aromatic carbocycles. The van der Waals surface area contributed by atoms with Gasteiger partial charge in [0.25, 0.3) is 0 Å². The van der Waals surface area contributed by atoms with E-state index in [1.54, 1.807) is 26.0 Å². The van der Waals surface area contributed by atoms with Crippen LogP contribution >= 0.6 is 0 Å². The summed E-state index contributed by atoms with van der Waals surface area (Å²) in [6, 6.07) is 4.38. The summed E-state index contributed by atoms with van der Waals surface area (Å²) in [4.78, 5) is 4.21. The van der Waals surface area contributed by atoms with Crippen LogP contribution in [0.15, 0.2) is 18.2 Å². The van der Waals surface area contributed by atoms with Crippen LogP contribution in [0.25, 0.3) is 0 Å². The van der Waals surface area contributed by atoms with Gasteiger partial charge in [-0.2, -0.15) is 18.3 Å². The number of rotatable bonds is 2. The second kappa shape index (κ2) is 4.56. The minimum absolute atomic E-state index is 0.184. The van der Waals surface area contributed by atoms with Crippen molar-refractivity contribution >= 4 is 5.69 Å². The molecule has 0 unspecified atom stereocenters. The van der Waals surface area contributed by atoms with Gasteiger partial charge in [-0.1, -0.05) is 0 Å². The lowest BCUT2D eigenvalue weighted by Crippen LogP contribution is -2.10. The number of halogens is 3. The van der Waals surface area contributed by atoms with Crippen molar-refractivity contribution in [1.29, 1.82) is 0 Å². The van der Waals surface area contributed by atoms with Gasteiger partial charge in [-0.3, -0.25) is 9.67 Å². The fourth-order valence-corrected chi connectivity index (χ4v) is 1.67. The van der Waals surface area contributed by atoms with Gasteiger partial charge in [0.05, 0.1) is 23.6 Å². The molecule has 0 aliphatic carbocycles. The van der Waals surface area contributed by atoms with E-state index >= 15 is 0 Å². The van der Waals surface area contributed by atoms with E-state index < -0.39 is 11.9 Å². The monoisotopic (exact) mass is 270 g/mol. The number of aromatic nitrogens is 3. The summed E-state index contributed by atoms with van der Waals surface area (Å²) in [5.74, 6) is 0. The number of nitrogens with two attached hydrogens (primary N) is 1. The molecule has 7 heteroatoms. The molecular formula is C12H13F3N4. The van der Waals surface area contributed by atoms with Crippen LogP contribution in [-0.4, -0.2) is 14.8 Å². The maximum atomic E-state index is 12.5. The molecule has 0 saturated heterocycles. The lowest BCUT2D eigenvalue weighted by molar-refractivity contribution is -0.141. The summed E-state index contributed by atoms with van der Waals surface area (Å²) in [6.07, 6.45) is -4.43. The number of hydrogen-bond donors (Lipinski definition) is 1. The Morgan fingerprint density at radius 1 is 1.26 bits per heavy atom. The number of aryl methyl sites for hydroxylation is 2. The third-order valence-corrected chi connectivity index (χ3v) is 2.77. The van der Waals surface area contributed by atoms with E-state index in [1.807, 2.05) is 0 Å². The van der Waals surface area contributed by atoms with Crippen LogP contribution in [0.5, 0.6) is 0 Å². The van der Waals surface area contributed by atoms with Gasteiger partial charge in [-0.15, -0.1) is 0 Å². The molecule has 2 heterocycles. The fourth-order valence-electron chi connectivity index (χ4n) is 1.67. The minimum atomic E-state index is -4.43. The first-order valence-corrected chi connectivity index (χ1v) is 5.61. The minimum Gasteiger partial charge on any atom is -0.397 e. The van der Waals surface area contributed by atoms with Gasteiger partial charge in [0.15, 0.2) is 5.69 Å². The molecule has 2 aromatic heterocycles. The van der Waals surface area contributed by atoms with Crippen LogP contribution in [0.1, 0.15) is 22.8 Å². The van der Waals surface area contributed by atoms with Crippen molar-refractivity contribution < 1.29 is 13.2 Å². The maximum absolute atomic E-state index is 12.5. The summed E-state index contributed by atoms with van der Waals surface area (Å²) in [6.45, 7) is 3.51. The van der Waals surface area contributed by atoms with Crippen molar-refractivity contribution in [2.75, 3.05) is 5.73 Å². The van der Waals surface area contributed by atoms with Gasteiger partial charge in [0, 0.05) is 5.69 Å². The number of pyridine rings is 1. The standard InChI is InChI=1S/C12H13F3N4/c1-7-5-11(12(13,14)15)18-19(7)6-9-3-4-10(16)8(2)17-9/h3-5H,6,16H2,1-2H3. The molecule has 0 radical (unpaired) electrons. The Balaban J connectivity index is 2.28. The van der Waals surface area contributed by atoms with E-state index in [4.69, 9.17) is 5.73 Å². The molecule has 0 amide bonds. The zero-order valence-corrected chi connectivity index (χ0v) is 10.5. The molecule has 0 saturated carbocycles. The van der Waals surface area contributed by atoms with Crippen LogP contribution in [-0.2, 0) is 12.7 Å². The first kappa shape index (κ1) is 13.4. The molecule has 102 valence electrons. The summed E-state index contributed by atoms with van der Waals surface area (Å²) in [5.41, 5.74) is 7.00. The van der Waals surface area contributed by atoms with E-state index in [0.29, 0.717) is 22.8 Å². The Hall–Kier alpha value is -2.05. The summed E-state index contributed by atoms with van der Waals surface area (Å²) >= 11 is 0. The molecule has 0 atom stereocenters. The lowest BCUT2D eigenvalue weighted by atomic mass is 10.2. The normalized spacial score (nSPS) is 11.8. The van der Waals surface area contributed by atoms with Crippen molar-refractivity contribution in [2.24, 2.45) is 0 Å². The van der Waals surface area contributed by atoms with Gasteiger partial charge >= 0.3 is 6.18 Å². The average molecular weight is 270 g/mol. The molecule has 19 heavy (non-hydrogen) atoms. The van der Waals surface area contributed by atoms with Gasteiger partial charge in [0.2, 0.25) is 0 Å². The van der Waals surface area contributed by atoms with Gasteiger partial charge in [-0.25, -0.2) is 0 Å². The predicted molar refractivity (Wildman–Crippen MR) is 64.5 cm³/mol. The van der Waals surface area contributed by atoms with Crippen molar-refractivity contribution in [3.63, 3.8) is 0 Å². The number of nitrogen functional groups attached to an aromatic ring is 1. The molecule has 0 aliphatic heterocycles. The number of anilines is 1. The summed E-state index contributed by atoms with van der Waals surface area (Å²) in [7, 11) is 0. The van der Waals surface area contributed by atoms with Crippen molar-refractivity contribution in [3.05, 3.63) is 41.0 Å². The Bertz CT molecular complexity index is 602. The first-order chi connectivity index (χ1) is 8.77. The molecule has 2 N–H and O–H groups in total. The second-order valence-electron chi connectivity index (χ2n) is 4.30. The highest BCUT2D eigenvalue weighted by atomic mass is 19.4. The number of hydrogen-bond acceptors (Lipinski definition) is 3. The van der Waals surface area contributed by atoms with Crippen LogP contribution < -0.4 is 5.73 Å². The molecule has 0 fully saturated rings. The van der Waals surface area contributed by atoms with Gasteiger partial charge in [0.1, 0.15) is 0 Å². The second-order valence-corrected chi connectivity index (χ2v) is 4.30. The first-order valence-electron chi connectivity index (χ1n) is 5.61. The van der Waals surface area contributed by atoms with Crippen molar-refractivity contribution in [3.8, 4) is 0 Å². The Labute approximate surface area is 108 Å². The molecule has 0 bridgehead atoms. The van der Waals surface area contributed by atoms with Crippen molar-refractivity contribution in [2.45, 2.75) is 26.6 Å². The van der Waals surface area contributed by atoms with Gasteiger partial charge < -0.3 is 5.73 Å². The number of nitrogens with zero attached hydrogens (tertiary/aromatic N) is 3. The molecular weight excluding hydrogens is 257 g/mol. The maximum Gasteiger partial charge on any atom is 0.435 e. The average Bonchev–Trinajstić information content (AvgIpc) is 2.65. The third kappa shape index (κ3) is 2.86. The largest absolute Gasteiger partial charge is 0.435 e. The topological polar surface area (TPSA) is 56.7 Å². The predicted octanol–water partition coefficient (Wildman–Crippen LogP) is 2.54. The van der Waals surface area contributed by atoms with Crippen LogP contribution in [0.4, 0.5) is 18.9 Å². The van der Waals surface area contributed by atoms with Gasteiger partial charge in [-0.05, 0) is 32.0 Å². The Kier molecular flexibility index (Phi) is 3.21. The Morgan fingerprint density at radius 2 is 1.95 bits per heavy atom. The van der Waals surface area contributed by atoms with E-state index in [0.717, 1.165) is 6.07 Å². The van der Waals surface area contributed by atoms with Crippen molar-refractivity contribution in [1.82, 2.24) is 14.8 Å². The van der Waals surface area contributed by atoms with E-state index in [2.05, 4.69) is 10.1 Å². The highest BCUT2D eigenvalue weighted by Gasteiger charge is 2.34. The fraction of sp³-hybridized carbons (Fsp3) is 0.333. The van der Waals surface area contributed by atoms with Crippen LogP contribution in [0.2, 0.25) is 0 Å².